The lowest BCUT2D eigenvalue weighted by molar-refractivity contribution is -0.127. The number of hydrogen-bond acceptors (Lipinski definition) is 4. The van der Waals surface area contributed by atoms with Crippen molar-refractivity contribution in [1.29, 1.82) is 0 Å². The highest BCUT2D eigenvalue weighted by atomic mass is 16.5. The summed E-state index contributed by atoms with van der Waals surface area (Å²) in [5.41, 5.74) is 5.80. The zero-order chi connectivity index (χ0) is 24.7. The fraction of sp³-hybridized carbons (Fsp3) is 0.429. The van der Waals surface area contributed by atoms with Gasteiger partial charge in [0.15, 0.2) is 0 Å². The number of carbonyl (C=O) groups is 2. The monoisotopic (exact) mass is 475 g/mol. The summed E-state index contributed by atoms with van der Waals surface area (Å²) in [6.45, 7) is 1.58. The molecule has 7 heteroatoms. The van der Waals surface area contributed by atoms with Gasteiger partial charge >= 0.3 is 5.97 Å². The van der Waals surface area contributed by atoms with Crippen LogP contribution >= 0.6 is 0 Å². The second-order valence-electron chi connectivity index (χ2n) is 9.88. The number of anilines is 1. The zero-order valence-corrected chi connectivity index (χ0v) is 20.7. The molecule has 0 atom stereocenters. The number of hydrogen-bond donors (Lipinski definition) is 1. The molecule has 184 valence electrons. The highest BCUT2D eigenvalue weighted by Crippen LogP contribution is 2.48. The van der Waals surface area contributed by atoms with Crippen LogP contribution in [-0.2, 0) is 11.3 Å². The average Bonchev–Trinajstić information content (AvgIpc) is 3.11. The van der Waals surface area contributed by atoms with Crippen molar-refractivity contribution in [3.63, 3.8) is 0 Å². The maximum absolute atomic E-state index is 12.7. The van der Waals surface area contributed by atoms with Crippen LogP contribution in [0.2, 0.25) is 0 Å². The standard InChI is InChI=1S/C28H33N3O4/c1-29(2)25(32)17-30-13-14-31-24-15-19(28(33)34)9-11-21(24)26(18-7-5-4-6-8-18)27(31)22-12-10-20(35-3)16-23(22)30/h9-12,15-16,18H,4-8,13-14,17H2,1-3H3,(H,33,34). The number of benzene rings is 2. The second kappa shape index (κ2) is 9.29. The lowest BCUT2D eigenvalue weighted by Crippen LogP contribution is -2.37. The van der Waals surface area contributed by atoms with Gasteiger partial charge in [-0.15, -0.1) is 0 Å². The van der Waals surface area contributed by atoms with E-state index in [4.69, 9.17) is 4.74 Å². The summed E-state index contributed by atoms with van der Waals surface area (Å²) in [7, 11) is 5.21. The molecular formula is C28H33N3O4. The van der Waals surface area contributed by atoms with Gasteiger partial charge in [-0.1, -0.05) is 25.3 Å². The lowest BCUT2D eigenvalue weighted by Gasteiger charge is -2.27. The Bertz CT molecular complexity index is 1290. The summed E-state index contributed by atoms with van der Waals surface area (Å²) in [6, 6.07) is 11.7. The Balaban J connectivity index is 1.77. The van der Waals surface area contributed by atoms with Crippen LogP contribution in [0.3, 0.4) is 0 Å². The summed E-state index contributed by atoms with van der Waals surface area (Å²) >= 11 is 0. The number of aromatic carboxylic acids is 1. The van der Waals surface area contributed by atoms with Crippen LogP contribution in [0.15, 0.2) is 36.4 Å². The van der Waals surface area contributed by atoms with Gasteiger partial charge in [-0.2, -0.15) is 0 Å². The third-order valence-electron chi connectivity index (χ3n) is 7.58. The van der Waals surface area contributed by atoms with Gasteiger partial charge in [-0.05, 0) is 48.6 Å². The number of carboxylic acids is 1. The molecule has 2 heterocycles. The van der Waals surface area contributed by atoms with Crippen molar-refractivity contribution < 1.29 is 19.4 Å². The van der Waals surface area contributed by atoms with Gasteiger partial charge in [0.1, 0.15) is 5.75 Å². The summed E-state index contributed by atoms with van der Waals surface area (Å²) in [5, 5.41) is 10.8. The molecule has 1 fully saturated rings. The third-order valence-corrected chi connectivity index (χ3v) is 7.58. The molecule has 2 aromatic carbocycles. The van der Waals surface area contributed by atoms with Crippen LogP contribution in [-0.4, -0.2) is 60.7 Å². The number of aromatic nitrogens is 1. The van der Waals surface area contributed by atoms with E-state index in [-0.39, 0.29) is 12.5 Å². The van der Waals surface area contributed by atoms with Crippen molar-refractivity contribution in [3.05, 3.63) is 47.5 Å². The number of rotatable bonds is 5. The predicted molar refractivity (Wildman–Crippen MR) is 138 cm³/mol. The topological polar surface area (TPSA) is 75.0 Å². The lowest BCUT2D eigenvalue weighted by atomic mass is 9.81. The zero-order valence-electron chi connectivity index (χ0n) is 20.7. The van der Waals surface area contributed by atoms with Crippen LogP contribution in [0.4, 0.5) is 5.69 Å². The molecular weight excluding hydrogens is 442 g/mol. The van der Waals surface area contributed by atoms with Crippen LogP contribution in [0.1, 0.15) is 53.9 Å². The SMILES string of the molecule is COc1ccc2c(c1)N(CC(=O)N(C)C)CCn1c-2c(C2CCCCC2)c2ccc(C(=O)O)cc21. The molecule has 0 saturated heterocycles. The Morgan fingerprint density at radius 3 is 2.51 bits per heavy atom. The minimum Gasteiger partial charge on any atom is -0.497 e. The molecule has 1 aliphatic heterocycles. The summed E-state index contributed by atoms with van der Waals surface area (Å²) in [5.74, 6) is 0.306. The van der Waals surface area contributed by atoms with Crippen LogP contribution < -0.4 is 9.64 Å². The van der Waals surface area contributed by atoms with Gasteiger partial charge in [0, 0.05) is 49.7 Å². The number of ether oxygens (including phenoxy) is 1. The normalized spacial score (nSPS) is 15.9. The highest BCUT2D eigenvalue weighted by Gasteiger charge is 2.31. The van der Waals surface area contributed by atoms with Gasteiger partial charge in [-0.25, -0.2) is 4.79 Å². The van der Waals surface area contributed by atoms with Crippen molar-refractivity contribution in [2.24, 2.45) is 0 Å². The molecule has 3 aromatic rings. The van der Waals surface area contributed by atoms with Crippen molar-refractivity contribution in [3.8, 4) is 17.0 Å². The van der Waals surface area contributed by atoms with E-state index in [2.05, 4.69) is 15.5 Å². The number of carboxylic acid groups (broad SMARTS) is 1. The average molecular weight is 476 g/mol. The van der Waals surface area contributed by atoms with Crippen LogP contribution in [0, 0.1) is 0 Å². The number of fused-ring (bicyclic) bond motifs is 5. The largest absolute Gasteiger partial charge is 0.497 e. The molecule has 7 nitrogen and oxygen atoms in total. The van der Waals surface area contributed by atoms with E-state index in [1.165, 1.54) is 24.8 Å². The summed E-state index contributed by atoms with van der Waals surface area (Å²) in [6.07, 6.45) is 5.97. The molecule has 5 rings (SSSR count). The van der Waals surface area contributed by atoms with Crippen molar-refractivity contribution in [2.45, 2.75) is 44.6 Å². The Kier molecular flexibility index (Phi) is 6.17. The number of carbonyl (C=O) groups excluding carboxylic acids is 1. The van der Waals surface area contributed by atoms with Gasteiger partial charge in [0.25, 0.3) is 0 Å². The molecule has 0 radical (unpaired) electrons. The third kappa shape index (κ3) is 4.13. The van der Waals surface area contributed by atoms with Crippen LogP contribution in [0.25, 0.3) is 22.2 Å². The molecule has 2 aliphatic rings. The molecule has 1 amide bonds. The van der Waals surface area contributed by atoms with Crippen LogP contribution in [0.5, 0.6) is 5.75 Å². The van der Waals surface area contributed by atoms with Crippen molar-refractivity contribution in [1.82, 2.24) is 9.47 Å². The number of methoxy groups -OCH3 is 1. The fourth-order valence-electron chi connectivity index (χ4n) is 5.75. The van der Waals surface area contributed by atoms with Crippen molar-refractivity contribution >= 4 is 28.5 Å². The van der Waals surface area contributed by atoms with E-state index < -0.39 is 5.97 Å². The minimum atomic E-state index is -0.918. The van der Waals surface area contributed by atoms with E-state index in [0.717, 1.165) is 46.4 Å². The first kappa shape index (κ1) is 23.3. The Morgan fingerprint density at radius 2 is 1.83 bits per heavy atom. The van der Waals surface area contributed by atoms with Gasteiger partial charge in [0.2, 0.25) is 5.91 Å². The Morgan fingerprint density at radius 1 is 1.06 bits per heavy atom. The Labute approximate surface area is 205 Å². The van der Waals surface area contributed by atoms with E-state index >= 15 is 0 Å². The summed E-state index contributed by atoms with van der Waals surface area (Å²) < 4.78 is 7.85. The molecule has 0 bridgehead atoms. The van der Waals surface area contributed by atoms with Gasteiger partial charge in [0.05, 0.1) is 30.6 Å². The molecule has 1 N–H and O–H groups in total. The number of nitrogens with zero attached hydrogens (tertiary/aromatic N) is 3. The first-order valence-corrected chi connectivity index (χ1v) is 12.4. The number of amides is 1. The van der Waals surface area contributed by atoms with Gasteiger partial charge < -0.3 is 24.2 Å². The predicted octanol–water partition coefficient (Wildman–Crippen LogP) is 4.97. The molecule has 0 unspecified atom stereocenters. The second-order valence-corrected chi connectivity index (χ2v) is 9.88. The molecule has 35 heavy (non-hydrogen) atoms. The van der Waals surface area contributed by atoms with E-state index in [1.807, 2.05) is 24.3 Å². The fourth-order valence-corrected chi connectivity index (χ4v) is 5.75. The van der Waals surface area contributed by atoms with Crippen molar-refractivity contribution in [2.75, 3.05) is 39.2 Å². The Hall–Kier alpha value is -3.48. The number of likely N-dealkylation sites (N-methyl/N-ethyl adjacent to an activating group) is 1. The maximum Gasteiger partial charge on any atom is 0.335 e. The van der Waals surface area contributed by atoms with E-state index in [1.54, 1.807) is 32.2 Å². The first-order valence-electron chi connectivity index (χ1n) is 12.4. The summed E-state index contributed by atoms with van der Waals surface area (Å²) in [4.78, 5) is 28.3. The maximum atomic E-state index is 12.7. The molecule has 0 spiro atoms. The van der Waals surface area contributed by atoms with E-state index in [0.29, 0.717) is 24.6 Å². The molecule has 1 saturated carbocycles. The van der Waals surface area contributed by atoms with E-state index in [9.17, 15) is 14.7 Å². The highest BCUT2D eigenvalue weighted by molar-refractivity contribution is 6.00. The molecule has 1 aliphatic carbocycles. The minimum absolute atomic E-state index is 0.0378. The smallest absolute Gasteiger partial charge is 0.335 e. The first-order chi connectivity index (χ1) is 16.9. The quantitative estimate of drug-likeness (QED) is 0.564. The van der Waals surface area contributed by atoms with Gasteiger partial charge in [-0.3, -0.25) is 4.79 Å². The molecule has 1 aromatic heterocycles.